The molecule has 3 rings (SSSR count). The first-order valence-electron chi connectivity index (χ1n) is 9.05. The van der Waals surface area contributed by atoms with Crippen LogP contribution in [0.25, 0.3) is 0 Å². The van der Waals surface area contributed by atoms with Crippen LogP contribution in [-0.2, 0) is 13.1 Å². The zero-order chi connectivity index (χ0) is 19.4. The fourth-order valence-corrected chi connectivity index (χ4v) is 3.11. The van der Waals surface area contributed by atoms with Gasteiger partial charge in [-0.2, -0.15) is 5.10 Å². The third-order valence-electron chi connectivity index (χ3n) is 4.47. The van der Waals surface area contributed by atoms with Gasteiger partial charge in [-0.3, -0.25) is 14.3 Å². The molecule has 2 amide bonds. The molecule has 1 aliphatic heterocycles. The Morgan fingerprint density at radius 3 is 2.85 bits per heavy atom. The highest BCUT2D eigenvalue weighted by Gasteiger charge is 2.26. The summed E-state index contributed by atoms with van der Waals surface area (Å²) >= 11 is 5.94. The number of hydrogen-bond donors (Lipinski definition) is 2. The molecule has 0 bridgehead atoms. The second-order valence-corrected chi connectivity index (χ2v) is 7.10. The number of unbranched alkanes of at least 4 members (excludes halogenated alkanes) is 1. The highest BCUT2D eigenvalue weighted by molar-refractivity contribution is 6.30. The third kappa shape index (κ3) is 4.67. The largest absolute Gasteiger partial charge is 0.389 e. The predicted octanol–water partition coefficient (Wildman–Crippen LogP) is 2.08. The fourth-order valence-electron chi connectivity index (χ4n) is 2.98. The molecule has 0 aliphatic carbocycles. The zero-order valence-electron chi connectivity index (χ0n) is 15.2. The average molecular weight is 391 g/mol. The van der Waals surface area contributed by atoms with Gasteiger partial charge in [0.2, 0.25) is 0 Å². The molecule has 144 valence electrons. The van der Waals surface area contributed by atoms with Crippen molar-refractivity contribution in [1.82, 2.24) is 20.0 Å². The summed E-state index contributed by atoms with van der Waals surface area (Å²) in [6.07, 6.45) is 1.09. The Morgan fingerprint density at radius 2 is 2.15 bits per heavy atom. The quantitative estimate of drug-likeness (QED) is 0.790. The van der Waals surface area contributed by atoms with Gasteiger partial charge in [-0.05, 0) is 24.1 Å². The molecule has 0 radical (unpaired) electrons. The number of aromatic nitrogens is 2. The minimum atomic E-state index is -0.733. The molecule has 27 heavy (non-hydrogen) atoms. The standard InChI is InChI=1S/C19H23ClN4O3/c1-2-3-8-23(11-13-4-6-14(20)7-5-13)19(27)16-9-17-18(26)21-10-15(25)12-24(17)22-16/h4-7,9,15,25H,2-3,8,10-12H2,1H3,(H,21,26)/t15-/m0/s1. The van der Waals surface area contributed by atoms with E-state index in [1.165, 1.54) is 10.7 Å². The van der Waals surface area contributed by atoms with Gasteiger partial charge in [-0.25, -0.2) is 0 Å². The topological polar surface area (TPSA) is 87.5 Å². The summed E-state index contributed by atoms with van der Waals surface area (Å²) in [4.78, 5) is 26.9. The molecule has 1 aromatic heterocycles. The molecule has 0 spiro atoms. The van der Waals surface area contributed by atoms with E-state index < -0.39 is 6.10 Å². The molecule has 1 aromatic carbocycles. The third-order valence-corrected chi connectivity index (χ3v) is 4.72. The van der Waals surface area contributed by atoms with E-state index in [1.807, 2.05) is 12.1 Å². The smallest absolute Gasteiger partial charge is 0.274 e. The van der Waals surface area contributed by atoms with Crippen molar-refractivity contribution in [1.29, 1.82) is 0 Å². The van der Waals surface area contributed by atoms with Crippen LogP contribution in [0.3, 0.4) is 0 Å². The molecular weight excluding hydrogens is 368 g/mol. The van der Waals surface area contributed by atoms with Crippen LogP contribution in [0.1, 0.15) is 46.3 Å². The maximum atomic E-state index is 13.0. The number of aliphatic hydroxyl groups is 1. The molecule has 2 aromatic rings. The van der Waals surface area contributed by atoms with Crippen molar-refractivity contribution < 1.29 is 14.7 Å². The molecule has 0 saturated heterocycles. The van der Waals surface area contributed by atoms with Crippen LogP contribution in [0.4, 0.5) is 0 Å². The molecule has 0 fully saturated rings. The number of hydrogen-bond acceptors (Lipinski definition) is 4. The zero-order valence-corrected chi connectivity index (χ0v) is 15.9. The molecule has 0 unspecified atom stereocenters. The average Bonchev–Trinajstić information content (AvgIpc) is 3.02. The first-order chi connectivity index (χ1) is 13.0. The summed E-state index contributed by atoms with van der Waals surface area (Å²) in [6.45, 7) is 3.44. The van der Waals surface area contributed by atoms with E-state index >= 15 is 0 Å². The van der Waals surface area contributed by atoms with Gasteiger partial charge >= 0.3 is 0 Å². The van der Waals surface area contributed by atoms with E-state index in [0.717, 1.165) is 18.4 Å². The molecule has 1 aliphatic rings. The Kier molecular flexibility index (Phi) is 6.13. The number of rotatable bonds is 6. The second-order valence-electron chi connectivity index (χ2n) is 6.67. The Hall–Kier alpha value is -2.38. The molecule has 8 heteroatoms. The summed E-state index contributed by atoms with van der Waals surface area (Å²) in [6, 6.07) is 8.87. The van der Waals surface area contributed by atoms with Gasteiger partial charge in [0.05, 0.1) is 12.6 Å². The molecule has 2 N–H and O–H groups in total. The first-order valence-corrected chi connectivity index (χ1v) is 9.43. The number of carbonyl (C=O) groups is 2. The minimum absolute atomic E-state index is 0.171. The number of aliphatic hydroxyl groups excluding tert-OH is 1. The number of nitrogens with one attached hydrogen (secondary N) is 1. The van der Waals surface area contributed by atoms with Crippen LogP contribution >= 0.6 is 11.6 Å². The first kappa shape index (κ1) is 19.4. The van der Waals surface area contributed by atoms with Crippen molar-refractivity contribution in [2.24, 2.45) is 0 Å². The minimum Gasteiger partial charge on any atom is -0.389 e. The Balaban J connectivity index is 1.83. The lowest BCUT2D eigenvalue weighted by Gasteiger charge is -2.22. The van der Waals surface area contributed by atoms with Gasteiger partial charge in [0.25, 0.3) is 11.8 Å². The number of nitrogens with zero attached hydrogens (tertiary/aromatic N) is 3. The number of benzene rings is 1. The lowest BCUT2D eigenvalue weighted by atomic mass is 10.2. The van der Waals surface area contributed by atoms with Crippen LogP contribution in [0, 0.1) is 0 Å². The summed E-state index contributed by atoms with van der Waals surface area (Å²) in [5.41, 5.74) is 1.47. The van der Waals surface area contributed by atoms with Gasteiger partial charge in [0, 0.05) is 30.7 Å². The van der Waals surface area contributed by atoms with Gasteiger partial charge in [0.15, 0.2) is 5.69 Å². The monoisotopic (exact) mass is 390 g/mol. The van der Waals surface area contributed by atoms with Crippen LogP contribution in [0.15, 0.2) is 30.3 Å². The molecule has 2 heterocycles. The van der Waals surface area contributed by atoms with Gasteiger partial charge in [0.1, 0.15) is 5.69 Å². The van der Waals surface area contributed by atoms with Crippen LogP contribution < -0.4 is 5.32 Å². The van der Waals surface area contributed by atoms with E-state index in [9.17, 15) is 14.7 Å². The lowest BCUT2D eigenvalue weighted by Crippen LogP contribution is -2.32. The van der Waals surface area contributed by atoms with Crippen molar-refractivity contribution in [2.75, 3.05) is 13.1 Å². The van der Waals surface area contributed by atoms with Crippen molar-refractivity contribution in [3.63, 3.8) is 0 Å². The predicted molar refractivity (Wildman–Crippen MR) is 102 cm³/mol. The maximum absolute atomic E-state index is 13.0. The summed E-state index contributed by atoms with van der Waals surface area (Å²) in [5.74, 6) is -0.572. The fraction of sp³-hybridized carbons (Fsp3) is 0.421. The van der Waals surface area contributed by atoms with Crippen molar-refractivity contribution in [3.8, 4) is 0 Å². The van der Waals surface area contributed by atoms with E-state index in [-0.39, 0.29) is 36.3 Å². The van der Waals surface area contributed by atoms with Crippen molar-refractivity contribution in [3.05, 3.63) is 52.3 Å². The Bertz CT molecular complexity index is 819. The van der Waals surface area contributed by atoms with E-state index in [1.54, 1.807) is 17.0 Å². The number of amides is 2. The number of halogens is 1. The number of fused-ring (bicyclic) bond motifs is 1. The van der Waals surface area contributed by atoms with Gasteiger partial charge in [-0.1, -0.05) is 37.1 Å². The second kappa shape index (κ2) is 8.54. The molecule has 7 nitrogen and oxygen atoms in total. The van der Waals surface area contributed by atoms with E-state index in [0.29, 0.717) is 18.1 Å². The summed E-state index contributed by atoms with van der Waals surface area (Å²) in [5, 5.41) is 17.4. The normalized spacial score (nSPS) is 16.4. The Morgan fingerprint density at radius 1 is 1.41 bits per heavy atom. The highest BCUT2D eigenvalue weighted by Crippen LogP contribution is 2.16. The number of β-amino-alcohol motifs (C(OH)–C–C–N with tert-alkyl or cyclic N) is 1. The van der Waals surface area contributed by atoms with E-state index in [2.05, 4.69) is 17.3 Å². The molecule has 0 saturated carbocycles. The van der Waals surface area contributed by atoms with Crippen molar-refractivity contribution in [2.45, 2.75) is 39.0 Å². The SMILES string of the molecule is CCCCN(Cc1ccc(Cl)cc1)C(=O)c1cc2n(n1)C[C@@H](O)CNC2=O. The lowest BCUT2D eigenvalue weighted by molar-refractivity contribution is 0.0732. The van der Waals surface area contributed by atoms with E-state index in [4.69, 9.17) is 11.6 Å². The van der Waals surface area contributed by atoms with Gasteiger partial charge in [-0.15, -0.1) is 0 Å². The summed E-state index contributed by atoms with van der Waals surface area (Å²) < 4.78 is 1.40. The molecule has 1 atom stereocenters. The maximum Gasteiger partial charge on any atom is 0.274 e. The highest BCUT2D eigenvalue weighted by atomic mass is 35.5. The van der Waals surface area contributed by atoms with Crippen LogP contribution in [-0.4, -0.2) is 50.8 Å². The van der Waals surface area contributed by atoms with Crippen LogP contribution in [0.5, 0.6) is 0 Å². The molecular formula is C19H23ClN4O3. The van der Waals surface area contributed by atoms with Crippen molar-refractivity contribution >= 4 is 23.4 Å². The summed E-state index contributed by atoms with van der Waals surface area (Å²) in [7, 11) is 0. The van der Waals surface area contributed by atoms with Gasteiger partial charge < -0.3 is 15.3 Å². The van der Waals surface area contributed by atoms with Crippen LogP contribution in [0.2, 0.25) is 5.02 Å². The number of carbonyl (C=O) groups excluding carboxylic acids is 2. The Labute approximate surface area is 162 Å².